The first kappa shape index (κ1) is 23.6. The number of methoxy groups -OCH3 is 1. The lowest BCUT2D eigenvalue weighted by atomic mass is 10.0. The van der Waals surface area contributed by atoms with Gasteiger partial charge in [0.25, 0.3) is 5.56 Å². The molecule has 4 aromatic rings. The van der Waals surface area contributed by atoms with E-state index in [0.29, 0.717) is 39.6 Å². The minimum Gasteiger partial charge on any atom is -0.496 e. The Morgan fingerprint density at radius 3 is 2.26 bits per heavy atom. The van der Waals surface area contributed by atoms with E-state index in [0.717, 1.165) is 15.4 Å². The first-order chi connectivity index (χ1) is 16.7. The van der Waals surface area contributed by atoms with Gasteiger partial charge in [-0.2, -0.15) is 9.78 Å². The fourth-order valence-electron chi connectivity index (χ4n) is 3.67. The van der Waals surface area contributed by atoms with Crippen LogP contribution in [0.1, 0.15) is 27.0 Å². The molecule has 1 aromatic heterocycles. The van der Waals surface area contributed by atoms with Crippen molar-refractivity contribution in [3.8, 4) is 22.9 Å². The van der Waals surface area contributed by atoms with Gasteiger partial charge in [0, 0.05) is 12.6 Å². The largest absolute Gasteiger partial charge is 0.496 e. The highest BCUT2D eigenvalue weighted by Gasteiger charge is 2.18. The van der Waals surface area contributed by atoms with Crippen LogP contribution in [0.15, 0.2) is 70.4 Å². The number of aryl methyl sites for hydroxylation is 2. The monoisotopic (exact) mass is 475 g/mol. The number of ketones is 1. The van der Waals surface area contributed by atoms with Gasteiger partial charge >= 0.3 is 5.69 Å². The molecule has 0 saturated carbocycles. The topological polar surface area (TPSA) is 92.4 Å². The number of carbonyl (C=O) groups is 1. The van der Waals surface area contributed by atoms with Crippen LogP contribution >= 0.6 is 0 Å². The number of aromatic nitrogens is 3. The lowest BCUT2D eigenvalue weighted by Gasteiger charge is -2.16. The maximum Gasteiger partial charge on any atom is 0.351 e. The Bertz CT molecular complexity index is 1530. The maximum absolute atomic E-state index is 13.3. The number of rotatable bonds is 6. The fraction of sp³-hybridized carbons (Fsp3) is 0.154. The fourth-order valence-corrected chi connectivity index (χ4v) is 3.67. The van der Waals surface area contributed by atoms with Gasteiger partial charge < -0.3 is 9.47 Å². The van der Waals surface area contributed by atoms with Crippen molar-refractivity contribution in [1.82, 2.24) is 14.3 Å². The quantitative estimate of drug-likeness (QED) is 0.395. The third-order valence-corrected chi connectivity index (χ3v) is 5.51. The van der Waals surface area contributed by atoms with Crippen molar-refractivity contribution >= 4 is 5.78 Å². The van der Waals surface area contributed by atoms with Crippen molar-refractivity contribution in [2.24, 2.45) is 7.05 Å². The van der Waals surface area contributed by atoms with E-state index in [-0.39, 0.29) is 11.3 Å². The van der Waals surface area contributed by atoms with Crippen molar-refractivity contribution in [2.45, 2.75) is 13.8 Å². The van der Waals surface area contributed by atoms with E-state index in [4.69, 9.17) is 9.47 Å². The Morgan fingerprint density at radius 1 is 0.971 bits per heavy atom. The maximum atomic E-state index is 13.3. The molecule has 35 heavy (non-hydrogen) atoms. The molecule has 0 radical (unpaired) electrons. The molecule has 0 bridgehead atoms. The zero-order valence-electron chi connectivity index (χ0n) is 19.5. The van der Waals surface area contributed by atoms with Crippen molar-refractivity contribution in [2.75, 3.05) is 7.11 Å². The van der Waals surface area contributed by atoms with Crippen LogP contribution in [0, 0.1) is 19.7 Å². The first-order valence-corrected chi connectivity index (χ1v) is 10.6. The number of halogens is 1. The zero-order valence-corrected chi connectivity index (χ0v) is 19.5. The minimum absolute atomic E-state index is 0.268. The summed E-state index contributed by atoms with van der Waals surface area (Å²) in [4.78, 5) is 37.2. The third kappa shape index (κ3) is 4.61. The van der Waals surface area contributed by atoms with Crippen molar-refractivity contribution in [3.05, 3.63) is 110 Å². The normalized spacial score (nSPS) is 10.8. The van der Waals surface area contributed by atoms with Crippen LogP contribution in [-0.2, 0) is 7.05 Å². The zero-order chi connectivity index (χ0) is 25.3. The summed E-state index contributed by atoms with van der Waals surface area (Å²) in [5, 5.41) is 3.94. The van der Waals surface area contributed by atoms with Crippen molar-refractivity contribution in [3.63, 3.8) is 0 Å². The van der Waals surface area contributed by atoms with Crippen LogP contribution < -0.4 is 20.7 Å². The molecule has 178 valence electrons. The van der Waals surface area contributed by atoms with Gasteiger partial charge in [-0.3, -0.25) is 14.2 Å². The van der Waals surface area contributed by atoms with Crippen LogP contribution in [0.3, 0.4) is 0 Å². The van der Waals surface area contributed by atoms with Crippen LogP contribution in [0.5, 0.6) is 17.2 Å². The molecule has 0 aliphatic heterocycles. The molecule has 0 saturated heterocycles. The molecular weight excluding hydrogens is 453 g/mol. The highest BCUT2D eigenvalue weighted by Crippen LogP contribution is 2.33. The van der Waals surface area contributed by atoms with Crippen LogP contribution in [0.4, 0.5) is 4.39 Å². The van der Waals surface area contributed by atoms with Crippen molar-refractivity contribution in [1.29, 1.82) is 0 Å². The molecule has 0 N–H and O–H groups in total. The van der Waals surface area contributed by atoms with Gasteiger partial charge in [-0.1, -0.05) is 0 Å². The lowest BCUT2D eigenvalue weighted by molar-refractivity contribution is 0.103. The molecule has 0 unspecified atom stereocenters. The molecule has 0 aliphatic rings. The van der Waals surface area contributed by atoms with E-state index >= 15 is 0 Å². The van der Waals surface area contributed by atoms with E-state index in [1.54, 1.807) is 30.3 Å². The predicted molar refractivity (Wildman–Crippen MR) is 127 cm³/mol. The lowest BCUT2D eigenvalue weighted by Crippen LogP contribution is -2.38. The van der Waals surface area contributed by atoms with E-state index in [1.165, 1.54) is 38.4 Å². The summed E-state index contributed by atoms with van der Waals surface area (Å²) in [5.74, 6) is 0.520. The number of carbonyl (C=O) groups excluding carboxylic acids is 1. The molecule has 3 aromatic carbocycles. The van der Waals surface area contributed by atoms with E-state index in [2.05, 4.69) is 5.10 Å². The first-order valence-electron chi connectivity index (χ1n) is 10.6. The molecular formula is C26H22FN3O5. The van der Waals surface area contributed by atoms with Gasteiger partial charge in [-0.05, 0) is 79.6 Å². The van der Waals surface area contributed by atoms with Gasteiger partial charge in [0.2, 0.25) is 0 Å². The summed E-state index contributed by atoms with van der Waals surface area (Å²) >= 11 is 0. The highest BCUT2D eigenvalue weighted by atomic mass is 19.1. The van der Waals surface area contributed by atoms with Gasteiger partial charge in [-0.15, -0.1) is 0 Å². The summed E-state index contributed by atoms with van der Waals surface area (Å²) in [5.41, 5.74) is 1.43. The molecule has 8 nitrogen and oxygen atoms in total. The molecule has 0 fully saturated rings. The van der Waals surface area contributed by atoms with Gasteiger partial charge in [0.15, 0.2) is 5.78 Å². The average Bonchev–Trinajstić information content (AvgIpc) is 2.84. The summed E-state index contributed by atoms with van der Waals surface area (Å²) in [6, 6.07) is 13.6. The summed E-state index contributed by atoms with van der Waals surface area (Å²) in [7, 11) is 2.84. The van der Waals surface area contributed by atoms with Crippen LogP contribution in [-0.4, -0.2) is 27.2 Å². The third-order valence-electron chi connectivity index (χ3n) is 5.51. The van der Waals surface area contributed by atoms with E-state index in [9.17, 15) is 18.8 Å². The van der Waals surface area contributed by atoms with Crippen LogP contribution in [0.2, 0.25) is 0 Å². The Hall–Kier alpha value is -4.53. The van der Waals surface area contributed by atoms with Crippen LogP contribution in [0.25, 0.3) is 5.69 Å². The molecule has 0 aliphatic carbocycles. The summed E-state index contributed by atoms with van der Waals surface area (Å²) in [6.45, 7) is 3.62. The number of benzene rings is 3. The van der Waals surface area contributed by atoms with Gasteiger partial charge in [0.05, 0.1) is 18.4 Å². The minimum atomic E-state index is -0.566. The second-order valence-corrected chi connectivity index (χ2v) is 7.95. The van der Waals surface area contributed by atoms with Gasteiger partial charge in [-0.25, -0.2) is 9.18 Å². The van der Waals surface area contributed by atoms with Gasteiger partial charge in [0.1, 0.15) is 29.3 Å². The SMILES string of the molecule is COc1ccc(Oc2c(C)cc(-n3ncc(=O)n(C)c3=O)cc2C)cc1C(=O)c1ccc(F)cc1. The predicted octanol–water partition coefficient (Wildman–Crippen LogP) is 3.72. The molecule has 0 atom stereocenters. The second-order valence-electron chi connectivity index (χ2n) is 7.95. The Labute approximate surface area is 199 Å². The molecule has 9 heteroatoms. The number of hydrogen-bond donors (Lipinski definition) is 0. The van der Waals surface area contributed by atoms with E-state index < -0.39 is 17.1 Å². The Morgan fingerprint density at radius 2 is 1.63 bits per heavy atom. The molecule has 1 heterocycles. The standard InChI is InChI=1S/C26H22FN3O5/c1-15-11-19(30-26(33)29(3)23(31)14-28-30)12-16(2)25(15)35-20-9-10-22(34-4)21(13-20)24(32)17-5-7-18(27)8-6-17/h5-14H,1-4H3. The summed E-state index contributed by atoms with van der Waals surface area (Å²) in [6.07, 6.45) is 1.08. The summed E-state index contributed by atoms with van der Waals surface area (Å²) < 4.78 is 26.9. The highest BCUT2D eigenvalue weighted by molar-refractivity contribution is 6.11. The number of nitrogens with zero attached hydrogens (tertiary/aromatic N) is 3. The van der Waals surface area contributed by atoms with E-state index in [1.807, 2.05) is 13.8 Å². The smallest absolute Gasteiger partial charge is 0.351 e. The second kappa shape index (κ2) is 9.38. The Balaban J connectivity index is 1.70. The Kier molecular flexibility index (Phi) is 6.33. The number of hydrogen-bond acceptors (Lipinski definition) is 6. The number of ether oxygens (including phenoxy) is 2. The average molecular weight is 475 g/mol. The molecule has 0 amide bonds. The molecule has 4 rings (SSSR count). The van der Waals surface area contributed by atoms with Crippen molar-refractivity contribution < 1.29 is 18.7 Å². The molecule has 0 spiro atoms.